The Balaban J connectivity index is 1.81. The summed E-state index contributed by atoms with van der Waals surface area (Å²) in [5.74, 6) is -0.710. The number of nitrogens with zero attached hydrogens (tertiary/aromatic N) is 1. The third-order valence-electron chi connectivity index (χ3n) is 8.85. The van der Waals surface area contributed by atoms with E-state index >= 15 is 0 Å². The van der Waals surface area contributed by atoms with E-state index in [1.165, 1.54) is 19.1 Å². The molecule has 11 nitrogen and oxygen atoms in total. The second-order valence-electron chi connectivity index (χ2n) is 11.8. The van der Waals surface area contributed by atoms with Gasteiger partial charge in [-0.05, 0) is 38.0 Å². The molecule has 7 atom stereocenters. The molecule has 0 unspecified atom stereocenters. The average molecular weight is 635 g/mol. The Morgan fingerprint density at radius 2 is 1.95 bits per heavy atom. The Labute approximate surface area is 263 Å². The number of nitrogens with one attached hydrogen (secondary N) is 1. The monoisotopic (exact) mass is 634 g/mol. The minimum atomic E-state index is -1.22. The topological polar surface area (TPSA) is 125 Å². The van der Waals surface area contributed by atoms with Crippen LogP contribution in [0.25, 0.3) is 0 Å². The van der Waals surface area contributed by atoms with Gasteiger partial charge in [0.2, 0.25) is 5.91 Å². The van der Waals surface area contributed by atoms with Crippen LogP contribution in [-0.4, -0.2) is 82.1 Å². The Morgan fingerprint density at radius 3 is 2.59 bits per heavy atom. The van der Waals surface area contributed by atoms with E-state index in [4.69, 9.17) is 40.0 Å². The van der Waals surface area contributed by atoms with Crippen LogP contribution >= 0.6 is 11.6 Å². The molecule has 0 radical (unpaired) electrons. The maximum atomic E-state index is 13.8. The van der Waals surface area contributed by atoms with Gasteiger partial charge in [0.1, 0.15) is 34.7 Å². The van der Waals surface area contributed by atoms with E-state index in [9.17, 15) is 14.4 Å². The van der Waals surface area contributed by atoms with Gasteiger partial charge < -0.3 is 33.3 Å². The summed E-state index contributed by atoms with van der Waals surface area (Å²) in [6.45, 7) is 7.36. The van der Waals surface area contributed by atoms with Crippen LogP contribution in [0.1, 0.15) is 52.5 Å². The zero-order valence-electron chi connectivity index (χ0n) is 26.6. The first-order valence-corrected chi connectivity index (χ1v) is 15.1. The minimum Gasteiger partial charge on any atom is -0.495 e. The maximum Gasteiger partial charge on any atom is 0.409 e. The van der Waals surface area contributed by atoms with Gasteiger partial charge in [-0.3, -0.25) is 14.9 Å². The van der Waals surface area contributed by atoms with Crippen molar-refractivity contribution < 1.29 is 42.8 Å². The van der Waals surface area contributed by atoms with Gasteiger partial charge in [-0.2, -0.15) is 0 Å². The molecule has 3 aliphatic heterocycles. The predicted molar refractivity (Wildman–Crippen MR) is 164 cm³/mol. The molecule has 0 spiro atoms. The number of esters is 1. The number of fused-ring (bicyclic) bond motifs is 5. The van der Waals surface area contributed by atoms with Crippen LogP contribution < -0.4 is 15.0 Å². The molecule has 4 bridgehead atoms. The molecular weight excluding hydrogens is 592 g/mol. The SMILES string of the molecule is CCC(=O)O[C@H]1CC(=O)N(C)c2cc(cc(OC)c2Cl)CC(C)=CC=C[C@@H](OC)[C@@]2(OC)C[C@H](OC(=O)N2)[C@@H](C)[C@@H]2O[C@@]12C. The van der Waals surface area contributed by atoms with E-state index in [0.717, 1.165) is 11.1 Å². The van der Waals surface area contributed by atoms with Gasteiger partial charge in [0, 0.05) is 40.0 Å². The molecule has 2 amide bonds. The number of benzene rings is 1. The van der Waals surface area contributed by atoms with Gasteiger partial charge in [0.05, 0.1) is 25.3 Å². The number of halogens is 1. The smallest absolute Gasteiger partial charge is 0.409 e. The molecule has 1 aromatic rings. The highest BCUT2D eigenvalue weighted by Crippen LogP contribution is 2.49. The number of methoxy groups -OCH3 is 3. The first-order valence-electron chi connectivity index (χ1n) is 14.7. The van der Waals surface area contributed by atoms with Gasteiger partial charge in [-0.15, -0.1) is 0 Å². The molecule has 1 N–H and O–H groups in total. The van der Waals surface area contributed by atoms with Crippen molar-refractivity contribution in [1.29, 1.82) is 0 Å². The number of alkyl carbamates (subject to hydrolysis) is 1. The number of hydrogen-bond acceptors (Lipinski definition) is 9. The number of hydrogen-bond donors (Lipinski definition) is 1. The van der Waals surface area contributed by atoms with Crippen molar-refractivity contribution >= 4 is 35.3 Å². The van der Waals surface area contributed by atoms with Crippen LogP contribution in [0.5, 0.6) is 5.75 Å². The lowest BCUT2D eigenvalue weighted by molar-refractivity contribution is -0.161. The Hall–Kier alpha value is -3.12. The van der Waals surface area contributed by atoms with Gasteiger partial charge in [0.15, 0.2) is 5.72 Å². The molecule has 1 aromatic carbocycles. The number of amides is 2. The summed E-state index contributed by atoms with van der Waals surface area (Å²) in [4.78, 5) is 40.6. The first-order chi connectivity index (χ1) is 20.8. The summed E-state index contributed by atoms with van der Waals surface area (Å²) in [7, 11) is 6.20. The lowest BCUT2D eigenvalue weighted by Crippen LogP contribution is -2.64. The van der Waals surface area contributed by atoms with Gasteiger partial charge in [-0.1, -0.05) is 49.2 Å². The molecule has 2 saturated heterocycles. The van der Waals surface area contributed by atoms with Crippen LogP contribution in [0, 0.1) is 5.92 Å². The fraction of sp³-hybridized carbons (Fsp3) is 0.594. The van der Waals surface area contributed by atoms with Crippen molar-refractivity contribution in [2.45, 2.75) is 89.1 Å². The summed E-state index contributed by atoms with van der Waals surface area (Å²) >= 11 is 6.69. The van der Waals surface area contributed by atoms with Gasteiger partial charge >= 0.3 is 12.1 Å². The van der Waals surface area contributed by atoms with Crippen molar-refractivity contribution in [3.05, 3.63) is 46.5 Å². The molecule has 242 valence electrons. The van der Waals surface area contributed by atoms with Gasteiger partial charge in [0.25, 0.3) is 0 Å². The van der Waals surface area contributed by atoms with E-state index in [2.05, 4.69) is 5.32 Å². The molecule has 4 rings (SSSR count). The highest BCUT2D eigenvalue weighted by Gasteiger charge is 2.64. The summed E-state index contributed by atoms with van der Waals surface area (Å²) in [5, 5.41) is 3.11. The van der Waals surface area contributed by atoms with Crippen molar-refractivity contribution in [2.24, 2.45) is 5.92 Å². The van der Waals surface area contributed by atoms with E-state index in [-0.39, 0.29) is 36.1 Å². The predicted octanol–water partition coefficient (Wildman–Crippen LogP) is 4.73. The molecule has 3 aliphatic rings. The third kappa shape index (κ3) is 6.75. The van der Waals surface area contributed by atoms with E-state index < -0.39 is 47.8 Å². The van der Waals surface area contributed by atoms with Crippen molar-refractivity contribution in [2.75, 3.05) is 33.3 Å². The van der Waals surface area contributed by atoms with Crippen molar-refractivity contribution in [1.82, 2.24) is 5.32 Å². The Morgan fingerprint density at radius 1 is 1.23 bits per heavy atom. The summed E-state index contributed by atoms with van der Waals surface area (Å²) in [6, 6.07) is 3.68. The Kier molecular flexibility index (Phi) is 10.3. The van der Waals surface area contributed by atoms with E-state index in [1.807, 2.05) is 44.2 Å². The lowest BCUT2D eigenvalue weighted by atomic mass is 9.83. The van der Waals surface area contributed by atoms with Crippen LogP contribution in [0.4, 0.5) is 10.5 Å². The second-order valence-corrected chi connectivity index (χ2v) is 12.2. The molecule has 0 aromatic heterocycles. The number of ether oxygens (including phenoxy) is 6. The van der Waals surface area contributed by atoms with Crippen LogP contribution in [0.3, 0.4) is 0 Å². The molecule has 0 saturated carbocycles. The number of carbonyl (C=O) groups is 3. The first kappa shape index (κ1) is 33.8. The summed E-state index contributed by atoms with van der Waals surface area (Å²) < 4.78 is 35.0. The number of epoxide rings is 1. The largest absolute Gasteiger partial charge is 0.495 e. The van der Waals surface area contributed by atoms with E-state index in [0.29, 0.717) is 17.9 Å². The molecule has 2 fully saturated rings. The minimum absolute atomic E-state index is 0.128. The fourth-order valence-electron chi connectivity index (χ4n) is 6.08. The quantitative estimate of drug-likeness (QED) is 0.361. The zero-order valence-corrected chi connectivity index (χ0v) is 27.4. The Bertz CT molecular complexity index is 1330. The molecule has 44 heavy (non-hydrogen) atoms. The van der Waals surface area contributed by atoms with Gasteiger partial charge in [-0.25, -0.2) is 4.79 Å². The number of anilines is 1. The van der Waals surface area contributed by atoms with Crippen LogP contribution in [-0.2, 0) is 39.7 Å². The lowest BCUT2D eigenvalue weighted by Gasteiger charge is -2.44. The number of allylic oxidation sites excluding steroid dienone is 3. The number of carbonyl (C=O) groups excluding carboxylic acids is 3. The zero-order chi connectivity index (χ0) is 32.4. The third-order valence-corrected chi connectivity index (χ3v) is 9.23. The average Bonchev–Trinajstić information content (AvgIpc) is 3.70. The summed E-state index contributed by atoms with van der Waals surface area (Å²) in [5.41, 5.74) is 0.108. The second kappa shape index (κ2) is 13.5. The molecule has 0 aliphatic carbocycles. The standard InChI is InChI=1S/C32H43ClN2O9/c1-9-27(37)43-25-16-26(36)35(5)21-14-20(15-22(39-6)28(21)33)13-18(2)11-10-12-24(40-7)32(41-8)17-23(42-30(38)34-32)19(3)29-31(25,4)44-29/h10-12,14-15,19,23-25,29H,9,13,16-17H2,1-8H3,(H,34,38)/t19-,23+,24-,25+,29+,31+,32+/m1/s1. The van der Waals surface area contributed by atoms with Crippen LogP contribution in [0.15, 0.2) is 35.9 Å². The highest BCUT2D eigenvalue weighted by atomic mass is 35.5. The van der Waals surface area contributed by atoms with Crippen molar-refractivity contribution in [3.8, 4) is 5.75 Å². The summed E-state index contributed by atoms with van der Waals surface area (Å²) in [6.07, 6.45) is 3.05. The molecule has 12 heteroatoms. The molecule has 3 heterocycles. The number of rotatable bonds is 5. The van der Waals surface area contributed by atoms with Crippen LogP contribution in [0.2, 0.25) is 5.02 Å². The molecular formula is C32H43ClN2O9. The highest BCUT2D eigenvalue weighted by molar-refractivity contribution is 6.35. The van der Waals surface area contributed by atoms with Crippen molar-refractivity contribution in [3.63, 3.8) is 0 Å². The maximum absolute atomic E-state index is 13.8. The fourth-order valence-corrected chi connectivity index (χ4v) is 6.39. The normalized spacial score (nSPS) is 32.6. The van der Waals surface area contributed by atoms with E-state index in [1.54, 1.807) is 28.0 Å².